The summed E-state index contributed by atoms with van der Waals surface area (Å²) in [5, 5.41) is 13.3. The van der Waals surface area contributed by atoms with Gasteiger partial charge in [-0.25, -0.2) is 0 Å². The van der Waals surface area contributed by atoms with Gasteiger partial charge in [0.15, 0.2) is 0 Å². The minimum atomic E-state index is -0.602. The molecule has 0 saturated heterocycles. The van der Waals surface area contributed by atoms with Crippen molar-refractivity contribution in [1.29, 1.82) is 0 Å². The van der Waals surface area contributed by atoms with Crippen LogP contribution in [-0.2, 0) is 26.0 Å². The fourth-order valence-electron chi connectivity index (χ4n) is 4.78. The number of aliphatic carboxylic acids is 1. The van der Waals surface area contributed by atoms with Crippen molar-refractivity contribution in [3.63, 3.8) is 0 Å². The predicted octanol–water partition coefficient (Wildman–Crippen LogP) is 8.82. The van der Waals surface area contributed by atoms with E-state index < -0.39 is 5.97 Å². The summed E-state index contributed by atoms with van der Waals surface area (Å²) in [6.45, 7) is 15.6. The number of unbranched alkanes of at least 4 members (excludes halogenated alkanes) is 2. The quantitative estimate of drug-likeness (QED) is 0.213. The Labute approximate surface area is 219 Å². The summed E-state index contributed by atoms with van der Waals surface area (Å²) in [4.78, 5) is 10.4. The van der Waals surface area contributed by atoms with Crippen LogP contribution in [-0.4, -0.2) is 29.3 Å². The zero-order chi connectivity index (χ0) is 24.7. The molecule has 5 heteroatoms. The summed E-state index contributed by atoms with van der Waals surface area (Å²) in [7, 11) is 0. The third-order valence-electron chi connectivity index (χ3n) is 6.53. The molecule has 0 spiro atoms. The second-order valence-electron chi connectivity index (χ2n) is 10.1. The molecule has 198 valence electrons. The summed E-state index contributed by atoms with van der Waals surface area (Å²) in [5.41, 5.74) is 2.71. The summed E-state index contributed by atoms with van der Waals surface area (Å²) in [5.74, 6) is 0.0112. The molecule has 2 unspecified atom stereocenters. The van der Waals surface area contributed by atoms with Crippen molar-refractivity contribution in [2.45, 2.75) is 123 Å². The second kappa shape index (κ2) is 18.2. The molecule has 1 aromatic rings. The van der Waals surface area contributed by atoms with Gasteiger partial charge in [-0.2, -0.15) is 6.42 Å². The standard InChI is InChI=1S/C12H16N.C10H21O.C7H12O2.Ni/c1-9-8-12(2,3)13-11-7-5-4-6-10(9)11;1-4-7-8-9-10(5-2)11-6-3;8-7(9)6-4-2-1-3-5-6;/h4-7,9H,8H2,1-3H3;10H,1,4-9H2,2-3H3;6H,1-5H2,(H,8,9);/q2*-1;;+2. The largest absolute Gasteiger partial charge is 2.00 e. The Hall–Kier alpha value is -1.06. The number of fused-ring (bicyclic) bond motifs is 1. The maximum atomic E-state index is 10.4. The normalized spacial score (nSPS) is 19.5. The van der Waals surface area contributed by atoms with Crippen molar-refractivity contribution in [1.82, 2.24) is 0 Å². The first-order valence-corrected chi connectivity index (χ1v) is 13.2. The first kappa shape index (κ1) is 32.9. The number of carboxylic acids is 1. The fraction of sp³-hybridized carbons (Fsp3) is 0.724. The van der Waals surface area contributed by atoms with Crippen LogP contribution in [0.25, 0.3) is 5.32 Å². The number of nitrogens with zero attached hydrogens (tertiary/aromatic N) is 1. The molecular weight excluding hydrogens is 469 g/mol. The Balaban J connectivity index is 0.000000482. The van der Waals surface area contributed by atoms with Gasteiger partial charge in [-0.3, -0.25) is 4.79 Å². The van der Waals surface area contributed by atoms with E-state index in [2.05, 4.69) is 65.8 Å². The third kappa shape index (κ3) is 13.1. The van der Waals surface area contributed by atoms with E-state index in [1.165, 1.54) is 36.9 Å². The van der Waals surface area contributed by atoms with E-state index in [1.807, 2.05) is 0 Å². The predicted molar refractivity (Wildman–Crippen MR) is 140 cm³/mol. The van der Waals surface area contributed by atoms with Crippen LogP contribution in [0.4, 0.5) is 5.69 Å². The van der Waals surface area contributed by atoms with Crippen LogP contribution in [0.1, 0.15) is 117 Å². The van der Waals surface area contributed by atoms with E-state index >= 15 is 0 Å². The van der Waals surface area contributed by atoms with E-state index in [9.17, 15) is 4.79 Å². The van der Waals surface area contributed by atoms with Gasteiger partial charge >= 0.3 is 22.5 Å². The second-order valence-corrected chi connectivity index (χ2v) is 10.1. The summed E-state index contributed by atoms with van der Waals surface area (Å²) in [6.07, 6.45) is 12.8. The number of carbonyl (C=O) groups is 1. The van der Waals surface area contributed by atoms with E-state index in [0.717, 1.165) is 51.6 Å². The van der Waals surface area contributed by atoms with Crippen LogP contribution >= 0.6 is 0 Å². The van der Waals surface area contributed by atoms with E-state index in [0.29, 0.717) is 12.0 Å². The van der Waals surface area contributed by atoms with E-state index in [-0.39, 0.29) is 27.9 Å². The average Bonchev–Trinajstić information content (AvgIpc) is 2.79. The van der Waals surface area contributed by atoms with Crippen molar-refractivity contribution in [3.05, 3.63) is 42.1 Å². The molecule has 1 aromatic carbocycles. The van der Waals surface area contributed by atoms with Gasteiger partial charge in [-0.15, -0.1) is 11.2 Å². The number of hydrogen-bond donors (Lipinski definition) is 1. The molecule has 2 atom stereocenters. The van der Waals surface area contributed by atoms with Crippen molar-refractivity contribution in [2.24, 2.45) is 5.92 Å². The molecule has 4 nitrogen and oxygen atoms in total. The maximum Gasteiger partial charge on any atom is 2.00 e. The van der Waals surface area contributed by atoms with Crippen LogP contribution in [0.15, 0.2) is 24.3 Å². The molecule has 1 N–H and O–H groups in total. The topological polar surface area (TPSA) is 60.6 Å². The number of carboxylic acid groups (broad SMARTS) is 1. The number of benzene rings is 1. The molecule has 1 aliphatic heterocycles. The Morgan fingerprint density at radius 1 is 1.18 bits per heavy atom. The number of rotatable bonds is 8. The van der Waals surface area contributed by atoms with Crippen LogP contribution in [0.2, 0.25) is 0 Å². The van der Waals surface area contributed by atoms with Gasteiger partial charge in [0.05, 0.1) is 12.0 Å². The SMILES string of the molecule is CC1CC(C)(C)[N-]c2ccccc21.O=C(O)C1CCCCC1.[CH2-]CCCCC(CC)OCC.[Ni+2]. The van der Waals surface area contributed by atoms with Gasteiger partial charge in [0.2, 0.25) is 0 Å². The van der Waals surface area contributed by atoms with Gasteiger partial charge < -0.3 is 22.1 Å². The van der Waals surface area contributed by atoms with E-state index in [4.69, 9.17) is 15.2 Å². The first-order chi connectivity index (χ1) is 15.7. The van der Waals surface area contributed by atoms with Gasteiger partial charge in [0.1, 0.15) is 0 Å². The third-order valence-corrected chi connectivity index (χ3v) is 6.53. The van der Waals surface area contributed by atoms with E-state index in [1.54, 1.807) is 0 Å². The number of hydrogen-bond acceptors (Lipinski definition) is 2. The maximum absolute atomic E-state index is 10.4. The summed E-state index contributed by atoms with van der Waals surface area (Å²) in [6, 6.07) is 8.48. The van der Waals surface area contributed by atoms with Gasteiger partial charge in [0.25, 0.3) is 0 Å². The fourth-order valence-corrected chi connectivity index (χ4v) is 4.78. The van der Waals surface area contributed by atoms with Crippen molar-refractivity contribution < 1.29 is 31.1 Å². The zero-order valence-corrected chi connectivity index (χ0v) is 23.2. The van der Waals surface area contributed by atoms with Crippen molar-refractivity contribution in [3.8, 4) is 0 Å². The molecule has 0 bridgehead atoms. The summed E-state index contributed by atoms with van der Waals surface area (Å²) >= 11 is 0. The minimum Gasteiger partial charge on any atom is -0.679 e. The zero-order valence-electron chi connectivity index (χ0n) is 22.3. The molecule has 1 fully saturated rings. The van der Waals surface area contributed by atoms with Crippen LogP contribution in [0, 0.1) is 12.8 Å². The minimum absolute atomic E-state index is 0. The average molecular weight is 518 g/mol. The number of ether oxygens (including phenoxy) is 1. The Morgan fingerprint density at radius 2 is 1.82 bits per heavy atom. The molecule has 0 radical (unpaired) electrons. The smallest absolute Gasteiger partial charge is 0.679 e. The molecule has 2 aliphatic rings. The van der Waals surface area contributed by atoms with Crippen LogP contribution < -0.4 is 0 Å². The molecule has 0 amide bonds. The molecular formula is C29H49NNiO3. The van der Waals surface area contributed by atoms with Crippen molar-refractivity contribution >= 4 is 11.7 Å². The van der Waals surface area contributed by atoms with Gasteiger partial charge in [0, 0.05) is 6.61 Å². The van der Waals surface area contributed by atoms with Crippen molar-refractivity contribution in [2.75, 3.05) is 6.61 Å². The molecule has 1 aliphatic carbocycles. The van der Waals surface area contributed by atoms with Crippen LogP contribution in [0.5, 0.6) is 0 Å². The Kier molecular flexibility index (Phi) is 17.7. The van der Waals surface area contributed by atoms with Gasteiger partial charge in [-0.05, 0) is 38.5 Å². The Bertz CT molecular complexity index is 659. The molecule has 34 heavy (non-hydrogen) atoms. The Morgan fingerprint density at radius 3 is 2.35 bits per heavy atom. The molecule has 0 aromatic heterocycles. The number of para-hydroxylation sites is 1. The first-order valence-electron chi connectivity index (χ1n) is 13.2. The molecule has 1 heterocycles. The van der Waals surface area contributed by atoms with Crippen LogP contribution in [0.3, 0.4) is 0 Å². The molecule has 3 rings (SSSR count). The monoisotopic (exact) mass is 517 g/mol. The molecule has 1 saturated carbocycles. The summed E-state index contributed by atoms with van der Waals surface area (Å²) < 4.78 is 5.52. The van der Waals surface area contributed by atoms with Gasteiger partial charge in [-0.1, -0.05) is 96.0 Å².